The second-order valence-electron chi connectivity index (χ2n) is 5.97. The van der Waals surface area contributed by atoms with Gasteiger partial charge in [0.05, 0.1) is 10.4 Å². The summed E-state index contributed by atoms with van der Waals surface area (Å²) in [6.07, 6.45) is 5.03. The molecule has 2 aliphatic carbocycles. The van der Waals surface area contributed by atoms with Crippen LogP contribution in [0.2, 0.25) is 0 Å². The third-order valence-electron chi connectivity index (χ3n) is 4.52. The third-order valence-corrected chi connectivity index (χ3v) is 5.65. The first-order chi connectivity index (χ1) is 9.02. The topological polar surface area (TPSA) is 62.8 Å². The zero-order valence-electron chi connectivity index (χ0n) is 10.8. The Hall–Kier alpha value is -1.36. The van der Waals surface area contributed by atoms with E-state index in [2.05, 4.69) is 9.97 Å². The summed E-state index contributed by atoms with van der Waals surface area (Å²) in [7, 11) is -3.22. The molecule has 0 aliphatic heterocycles. The van der Waals surface area contributed by atoms with Crippen LogP contribution in [-0.4, -0.2) is 24.6 Å². The number of aromatic nitrogens is 2. The van der Waals surface area contributed by atoms with Gasteiger partial charge in [-0.15, -0.1) is 0 Å². The van der Waals surface area contributed by atoms with Crippen LogP contribution in [0.1, 0.15) is 31.0 Å². The van der Waals surface area contributed by atoms with E-state index in [-0.39, 0.29) is 0 Å². The summed E-state index contributed by atoms with van der Waals surface area (Å²) in [6.45, 7) is 0. The molecule has 2 aliphatic rings. The average Bonchev–Trinajstić information content (AvgIpc) is 2.80. The molecule has 1 heterocycles. The molecule has 4 nitrogen and oxygen atoms in total. The van der Waals surface area contributed by atoms with Crippen LogP contribution in [0.15, 0.2) is 23.1 Å². The lowest BCUT2D eigenvalue weighted by Crippen LogP contribution is -1.99. The molecule has 100 valence electrons. The quantitative estimate of drug-likeness (QED) is 0.916. The lowest BCUT2D eigenvalue weighted by molar-refractivity contribution is 0.596. The second kappa shape index (κ2) is 3.60. The van der Waals surface area contributed by atoms with Crippen LogP contribution in [0.3, 0.4) is 0 Å². The van der Waals surface area contributed by atoms with E-state index in [4.69, 9.17) is 0 Å². The third kappa shape index (κ3) is 1.79. The summed E-state index contributed by atoms with van der Waals surface area (Å²) in [4.78, 5) is 8.23. The predicted octanol–water partition coefficient (Wildman–Crippen LogP) is 2.48. The van der Waals surface area contributed by atoms with Crippen LogP contribution in [0, 0.1) is 11.8 Å². The van der Waals surface area contributed by atoms with Gasteiger partial charge >= 0.3 is 0 Å². The van der Waals surface area contributed by atoms with E-state index in [1.807, 2.05) is 6.07 Å². The first-order valence-corrected chi connectivity index (χ1v) is 8.60. The van der Waals surface area contributed by atoms with Gasteiger partial charge in [-0.25, -0.2) is 13.4 Å². The Morgan fingerprint density at radius 1 is 1.21 bits per heavy atom. The Morgan fingerprint density at radius 2 is 1.95 bits per heavy atom. The summed E-state index contributed by atoms with van der Waals surface area (Å²) in [5, 5.41) is 0. The molecule has 4 rings (SSSR count). The average molecular weight is 276 g/mol. The lowest BCUT2D eigenvalue weighted by atomic mass is 10.0. The number of benzene rings is 1. The number of sulfone groups is 1. The molecule has 2 saturated carbocycles. The Bertz CT molecular complexity index is 753. The standard InChI is InChI=1S/C14H16N2O2S/c1-19(17,18)12-4-2-3-11-13(12)16-14(15-11)10-6-8-5-9(8)7-10/h2-4,8-10H,5-7H2,1H3,(H,15,16). The first kappa shape index (κ1) is 11.5. The fourth-order valence-electron chi connectivity index (χ4n) is 3.46. The van der Waals surface area contributed by atoms with Gasteiger partial charge in [-0.05, 0) is 43.2 Å². The summed E-state index contributed by atoms with van der Waals surface area (Å²) >= 11 is 0. The summed E-state index contributed by atoms with van der Waals surface area (Å²) in [5.41, 5.74) is 1.43. The number of hydrogen-bond acceptors (Lipinski definition) is 3. The molecule has 1 N–H and O–H groups in total. The molecule has 0 spiro atoms. The number of nitrogens with one attached hydrogen (secondary N) is 1. The van der Waals surface area contributed by atoms with E-state index < -0.39 is 9.84 Å². The smallest absolute Gasteiger partial charge is 0.177 e. The highest BCUT2D eigenvalue weighted by Crippen LogP contribution is 2.57. The van der Waals surface area contributed by atoms with Crippen LogP contribution in [0.25, 0.3) is 11.0 Å². The van der Waals surface area contributed by atoms with Gasteiger partial charge in [0.1, 0.15) is 11.3 Å². The van der Waals surface area contributed by atoms with Crippen molar-refractivity contribution in [2.45, 2.75) is 30.1 Å². The minimum atomic E-state index is -3.22. The fourth-order valence-corrected chi connectivity index (χ4v) is 4.29. The van der Waals surface area contributed by atoms with Crippen molar-refractivity contribution in [2.75, 3.05) is 6.26 Å². The van der Waals surface area contributed by atoms with Gasteiger partial charge < -0.3 is 4.98 Å². The van der Waals surface area contributed by atoms with Gasteiger partial charge in [0.2, 0.25) is 0 Å². The lowest BCUT2D eigenvalue weighted by Gasteiger charge is -2.06. The Kier molecular flexibility index (Phi) is 2.17. The van der Waals surface area contributed by atoms with Gasteiger partial charge in [-0.1, -0.05) is 6.07 Å². The van der Waals surface area contributed by atoms with Gasteiger partial charge in [0, 0.05) is 12.2 Å². The maximum absolute atomic E-state index is 11.8. The number of aromatic amines is 1. The van der Waals surface area contributed by atoms with Crippen molar-refractivity contribution in [2.24, 2.45) is 11.8 Å². The van der Waals surface area contributed by atoms with Gasteiger partial charge in [0.25, 0.3) is 0 Å². The number of nitrogens with zero attached hydrogens (tertiary/aromatic N) is 1. The highest BCUT2D eigenvalue weighted by Gasteiger charge is 2.47. The van der Waals surface area contributed by atoms with Crippen molar-refractivity contribution < 1.29 is 8.42 Å². The van der Waals surface area contributed by atoms with E-state index in [1.54, 1.807) is 12.1 Å². The summed E-state index contributed by atoms with van der Waals surface area (Å²) in [5.74, 6) is 3.25. The SMILES string of the molecule is CS(=O)(=O)c1cccc2[nH]c(C3CC4CC4C3)nc12. The molecular formula is C14H16N2O2S. The van der Waals surface area contributed by atoms with E-state index in [1.165, 1.54) is 25.5 Å². The number of para-hydroxylation sites is 1. The second-order valence-corrected chi connectivity index (χ2v) is 7.95. The largest absolute Gasteiger partial charge is 0.342 e. The molecule has 2 aromatic rings. The zero-order valence-corrected chi connectivity index (χ0v) is 11.6. The number of imidazole rings is 1. The van der Waals surface area contributed by atoms with E-state index >= 15 is 0 Å². The van der Waals surface area contributed by atoms with Crippen molar-refractivity contribution in [3.63, 3.8) is 0 Å². The maximum Gasteiger partial charge on any atom is 0.177 e. The minimum Gasteiger partial charge on any atom is -0.342 e. The van der Waals surface area contributed by atoms with Crippen molar-refractivity contribution in [1.82, 2.24) is 9.97 Å². The molecule has 1 aromatic heterocycles. The Morgan fingerprint density at radius 3 is 2.63 bits per heavy atom. The molecule has 1 aromatic carbocycles. The van der Waals surface area contributed by atoms with Crippen molar-refractivity contribution in [1.29, 1.82) is 0 Å². The maximum atomic E-state index is 11.8. The van der Waals surface area contributed by atoms with Crippen LogP contribution in [0.4, 0.5) is 0 Å². The number of hydrogen-bond donors (Lipinski definition) is 1. The molecule has 19 heavy (non-hydrogen) atoms. The Labute approximate surface area is 112 Å². The molecule has 2 atom stereocenters. The van der Waals surface area contributed by atoms with E-state index in [9.17, 15) is 8.42 Å². The molecule has 5 heteroatoms. The van der Waals surface area contributed by atoms with Crippen molar-refractivity contribution >= 4 is 20.9 Å². The van der Waals surface area contributed by atoms with Gasteiger partial charge in [0.15, 0.2) is 9.84 Å². The molecule has 0 radical (unpaired) electrons. The minimum absolute atomic E-state index is 0.329. The van der Waals surface area contributed by atoms with Crippen molar-refractivity contribution in [3.05, 3.63) is 24.0 Å². The van der Waals surface area contributed by atoms with Crippen molar-refractivity contribution in [3.8, 4) is 0 Å². The summed E-state index contributed by atoms with van der Waals surface area (Å²) < 4.78 is 23.6. The van der Waals surface area contributed by atoms with Crippen LogP contribution in [0.5, 0.6) is 0 Å². The number of H-pyrrole nitrogens is 1. The van der Waals surface area contributed by atoms with Crippen LogP contribution >= 0.6 is 0 Å². The Balaban J connectivity index is 1.83. The van der Waals surface area contributed by atoms with Crippen LogP contribution < -0.4 is 0 Å². The highest BCUT2D eigenvalue weighted by molar-refractivity contribution is 7.91. The van der Waals surface area contributed by atoms with E-state index in [0.29, 0.717) is 16.3 Å². The highest BCUT2D eigenvalue weighted by atomic mass is 32.2. The molecule has 0 saturated heterocycles. The van der Waals surface area contributed by atoms with E-state index in [0.717, 1.165) is 23.2 Å². The van der Waals surface area contributed by atoms with Crippen LogP contribution in [-0.2, 0) is 9.84 Å². The fraction of sp³-hybridized carbons (Fsp3) is 0.500. The monoisotopic (exact) mass is 276 g/mol. The molecular weight excluding hydrogens is 260 g/mol. The van der Waals surface area contributed by atoms with Gasteiger partial charge in [-0.2, -0.15) is 0 Å². The molecule has 2 fully saturated rings. The predicted molar refractivity (Wildman–Crippen MR) is 72.8 cm³/mol. The zero-order chi connectivity index (χ0) is 13.2. The first-order valence-electron chi connectivity index (χ1n) is 6.71. The number of rotatable bonds is 2. The number of fused-ring (bicyclic) bond motifs is 2. The molecule has 0 bridgehead atoms. The molecule has 0 amide bonds. The molecule has 2 unspecified atom stereocenters. The normalized spacial score (nSPS) is 29.6. The summed E-state index contributed by atoms with van der Waals surface area (Å²) in [6, 6.07) is 5.30. The van der Waals surface area contributed by atoms with Gasteiger partial charge in [-0.3, -0.25) is 0 Å².